The third-order valence-corrected chi connectivity index (χ3v) is 4.04. The number of aryl methyl sites for hydroxylation is 1. The van der Waals surface area contributed by atoms with Crippen molar-refractivity contribution in [2.24, 2.45) is 0 Å². The molecule has 0 saturated carbocycles. The van der Waals surface area contributed by atoms with Crippen LogP contribution in [0.15, 0.2) is 67.0 Å². The molecule has 0 unspecified atom stereocenters. The number of aromatic nitrogens is 2. The minimum Gasteiger partial charge on any atom is -0.451 e. The fourth-order valence-corrected chi connectivity index (χ4v) is 2.66. The van der Waals surface area contributed by atoms with E-state index in [1.54, 1.807) is 4.90 Å². The first-order valence-electron chi connectivity index (χ1n) is 8.69. The van der Waals surface area contributed by atoms with Crippen LogP contribution in [0.5, 0.6) is 0 Å². The number of amides is 1. The van der Waals surface area contributed by atoms with Crippen molar-refractivity contribution in [3.05, 3.63) is 83.8 Å². The lowest BCUT2D eigenvalue weighted by atomic mass is 10.1. The van der Waals surface area contributed by atoms with E-state index in [-0.39, 0.29) is 17.4 Å². The number of hydrogen-bond donors (Lipinski definition) is 1. The number of nitrogens with two attached hydrogens (primary N) is 1. The first kappa shape index (κ1) is 19.0. The molecular weight excluding hydrogens is 356 g/mol. The molecule has 28 heavy (non-hydrogen) atoms. The highest BCUT2D eigenvalue weighted by atomic mass is 16.5. The van der Waals surface area contributed by atoms with Crippen molar-refractivity contribution in [2.75, 3.05) is 17.2 Å². The SMILES string of the molecule is Cc1cccc(N(Cc2ccccc2)C(=O)COC(=O)c2nccnc2N)c1. The zero-order chi connectivity index (χ0) is 19.9. The number of carbonyl (C=O) groups is 2. The van der Waals surface area contributed by atoms with Crippen LogP contribution in [0, 0.1) is 6.92 Å². The Balaban J connectivity index is 1.76. The van der Waals surface area contributed by atoms with Gasteiger partial charge >= 0.3 is 5.97 Å². The second kappa shape index (κ2) is 8.77. The monoisotopic (exact) mass is 376 g/mol. The molecule has 7 heteroatoms. The Labute approximate surface area is 162 Å². The molecule has 3 rings (SSSR count). The standard InChI is InChI=1S/C21H20N4O3/c1-15-6-5-9-17(12-15)25(13-16-7-3-2-4-8-16)18(26)14-28-21(27)19-20(22)24-11-10-23-19/h2-12H,13-14H2,1H3,(H2,22,24). The summed E-state index contributed by atoms with van der Waals surface area (Å²) in [6, 6.07) is 17.2. The van der Waals surface area contributed by atoms with Crippen molar-refractivity contribution >= 4 is 23.4 Å². The van der Waals surface area contributed by atoms with Gasteiger partial charge in [0.1, 0.15) is 0 Å². The molecule has 0 atom stereocenters. The summed E-state index contributed by atoms with van der Waals surface area (Å²) in [4.78, 5) is 34.3. The Morgan fingerprint density at radius 3 is 2.50 bits per heavy atom. The largest absolute Gasteiger partial charge is 0.451 e. The molecule has 0 aliphatic heterocycles. The Morgan fingerprint density at radius 2 is 1.79 bits per heavy atom. The quantitative estimate of drug-likeness (QED) is 0.664. The summed E-state index contributed by atoms with van der Waals surface area (Å²) in [6.07, 6.45) is 2.71. The second-order valence-corrected chi connectivity index (χ2v) is 6.17. The maximum atomic E-state index is 12.9. The van der Waals surface area contributed by atoms with E-state index in [1.165, 1.54) is 12.4 Å². The maximum Gasteiger partial charge on any atom is 0.361 e. The molecule has 0 saturated heterocycles. The van der Waals surface area contributed by atoms with Crippen LogP contribution in [-0.4, -0.2) is 28.5 Å². The molecule has 0 aliphatic rings. The molecule has 2 aromatic carbocycles. The molecule has 7 nitrogen and oxygen atoms in total. The Bertz CT molecular complexity index is 976. The smallest absolute Gasteiger partial charge is 0.361 e. The van der Waals surface area contributed by atoms with Gasteiger partial charge in [0.05, 0.1) is 6.54 Å². The highest BCUT2D eigenvalue weighted by molar-refractivity contribution is 5.97. The third-order valence-electron chi connectivity index (χ3n) is 4.04. The maximum absolute atomic E-state index is 12.9. The van der Waals surface area contributed by atoms with Crippen LogP contribution in [0.4, 0.5) is 11.5 Å². The highest BCUT2D eigenvalue weighted by Crippen LogP contribution is 2.19. The van der Waals surface area contributed by atoms with E-state index in [4.69, 9.17) is 10.5 Å². The molecule has 1 amide bonds. The Hall–Kier alpha value is -3.74. The number of rotatable bonds is 6. The minimum atomic E-state index is -0.789. The van der Waals surface area contributed by atoms with E-state index < -0.39 is 12.6 Å². The minimum absolute atomic E-state index is 0.0419. The lowest BCUT2D eigenvalue weighted by Gasteiger charge is -2.23. The molecule has 1 aromatic heterocycles. The van der Waals surface area contributed by atoms with Gasteiger partial charge in [-0.05, 0) is 30.2 Å². The topological polar surface area (TPSA) is 98.4 Å². The summed E-state index contributed by atoms with van der Waals surface area (Å²) in [5, 5.41) is 0. The summed E-state index contributed by atoms with van der Waals surface area (Å²) in [5.74, 6) is -1.19. The van der Waals surface area contributed by atoms with Crippen LogP contribution >= 0.6 is 0 Å². The van der Waals surface area contributed by atoms with Crippen molar-refractivity contribution in [1.82, 2.24) is 9.97 Å². The van der Waals surface area contributed by atoms with Gasteiger partial charge in [0.2, 0.25) is 0 Å². The molecular formula is C21H20N4O3. The third kappa shape index (κ3) is 4.70. The molecule has 2 N–H and O–H groups in total. The van der Waals surface area contributed by atoms with E-state index in [0.717, 1.165) is 16.8 Å². The molecule has 0 radical (unpaired) electrons. The van der Waals surface area contributed by atoms with Crippen molar-refractivity contribution in [3.63, 3.8) is 0 Å². The fourth-order valence-electron chi connectivity index (χ4n) is 2.66. The molecule has 1 heterocycles. The molecule has 142 valence electrons. The first-order chi connectivity index (χ1) is 13.5. The number of ether oxygens (including phenoxy) is 1. The summed E-state index contributed by atoms with van der Waals surface area (Å²) in [5.41, 5.74) is 8.22. The van der Waals surface area contributed by atoms with Crippen LogP contribution in [0.25, 0.3) is 0 Å². The predicted molar refractivity (Wildman–Crippen MR) is 106 cm³/mol. The number of hydrogen-bond acceptors (Lipinski definition) is 6. The number of nitrogen functional groups attached to an aromatic ring is 1. The normalized spacial score (nSPS) is 10.3. The van der Waals surface area contributed by atoms with Crippen molar-refractivity contribution in [2.45, 2.75) is 13.5 Å². The van der Waals surface area contributed by atoms with Gasteiger partial charge in [0.15, 0.2) is 18.1 Å². The first-order valence-corrected chi connectivity index (χ1v) is 8.69. The zero-order valence-corrected chi connectivity index (χ0v) is 15.4. The van der Waals surface area contributed by atoms with Crippen molar-refractivity contribution in [1.29, 1.82) is 0 Å². The average Bonchev–Trinajstić information content (AvgIpc) is 2.71. The number of esters is 1. The van der Waals surface area contributed by atoms with Gasteiger partial charge in [0.25, 0.3) is 5.91 Å². The molecule has 0 bridgehead atoms. The van der Waals surface area contributed by atoms with Crippen LogP contribution in [0.2, 0.25) is 0 Å². The van der Waals surface area contributed by atoms with Gasteiger partial charge in [-0.25, -0.2) is 14.8 Å². The van der Waals surface area contributed by atoms with Crippen LogP contribution in [0.1, 0.15) is 21.6 Å². The van der Waals surface area contributed by atoms with Gasteiger partial charge < -0.3 is 15.4 Å². The highest BCUT2D eigenvalue weighted by Gasteiger charge is 2.20. The molecule has 0 fully saturated rings. The summed E-state index contributed by atoms with van der Waals surface area (Å²) in [6.45, 7) is 1.87. The lowest BCUT2D eigenvalue weighted by Crippen LogP contribution is -2.34. The number of nitrogens with zero attached hydrogens (tertiary/aromatic N) is 3. The predicted octanol–water partition coefficient (Wildman–Crippen LogP) is 2.76. The van der Waals surface area contributed by atoms with Gasteiger partial charge in [-0.3, -0.25) is 4.79 Å². The van der Waals surface area contributed by atoms with Gasteiger partial charge in [0, 0.05) is 18.1 Å². The van der Waals surface area contributed by atoms with Gasteiger partial charge in [-0.2, -0.15) is 0 Å². The second-order valence-electron chi connectivity index (χ2n) is 6.17. The number of carbonyl (C=O) groups excluding carboxylic acids is 2. The van der Waals surface area contributed by atoms with E-state index in [9.17, 15) is 9.59 Å². The Kier molecular flexibility index (Phi) is 5.96. The van der Waals surface area contributed by atoms with E-state index in [0.29, 0.717) is 6.54 Å². The van der Waals surface area contributed by atoms with Crippen LogP contribution < -0.4 is 10.6 Å². The van der Waals surface area contributed by atoms with Crippen molar-refractivity contribution < 1.29 is 14.3 Å². The van der Waals surface area contributed by atoms with E-state index >= 15 is 0 Å². The lowest BCUT2D eigenvalue weighted by molar-refractivity contribution is -0.121. The molecule has 0 aliphatic carbocycles. The van der Waals surface area contributed by atoms with Crippen LogP contribution in [-0.2, 0) is 16.1 Å². The number of anilines is 2. The van der Waals surface area contributed by atoms with Gasteiger partial charge in [-0.15, -0.1) is 0 Å². The number of benzene rings is 2. The zero-order valence-electron chi connectivity index (χ0n) is 15.4. The summed E-state index contributed by atoms with van der Waals surface area (Å²) < 4.78 is 5.13. The summed E-state index contributed by atoms with van der Waals surface area (Å²) >= 11 is 0. The van der Waals surface area contributed by atoms with E-state index in [2.05, 4.69) is 9.97 Å². The van der Waals surface area contributed by atoms with Crippen molar-refractivity contribution in [3.8, 4) is 0 Å². The van der Waals surface area contributed by atoms with Crippen LogP contribution in [0.3, 0.4) is 0 Å². The Morgan fingerprint density at radius 1 is 1.04 bits per heavy atom. The summed E-state index contributed by atoms with van der Waals surface area (Å²) in [7, 11) is 0. The average molecular weight is 376 g/mol. The van der Waals surface area contributed by atoms with Gasteiger partial charge in [-0.1, -0.05) is 42.5 Å². The fraction of sp³-hybridized carbons (Fsp3) is 0.143. The van der Waals surface area contributed by atoms with E-state index in [1.807, 2.05) is 61.5 Å². The molecule has 0 spiro atoms. The molecule has 3 aromatic rings.